The first-order valence-electron chi connectivity index (χ1n) is 10.3. The maximum Gasteiger partial charge on any atom is 0.206 e. The molecule has 2 rings (SSSR count). The Hall–Kier alpha value is -1.19. The first kappa shape index (κ1) is 28.1. The average Bonchev–Trinajstić information content (AvgIpc) is 2.76. The molecule has 0 aliphatic carbocycles. The van der Waals surface area contributed by atoms with E-state index in [-0.39, 0.29) is 55.5 Å². The Labute approximate surface area is 211 Å². The SMILES string of the molecule is CCS(=O)(=O)C[C@H](C)COc1c(Cl)cc(S(=O)(=O)c2ccc(OC[C@@H](C)CCl)cc2)cc1Cl. The minimum atomic E-state index is -3.89. The van der Waals surface area contributed by atoms with E-state index in [9.17, 15) is 16.8 Å². The van der Waals surface area contributed by atoms with E-state index < -0.39 is 19.7 Å². The van der Waals surface area contributed by atoms with Gasteiger partial charge in [-0.25, -0.2) is 16.8 Å². The summed E-state index contributed by atoms with van der Waals surface area (Å²) in [5.41, 5.74) is 0. The van der Waals surface area contributed by atoms with Gasteiger partial charge in [-0.05, 0) is 36.4 Å². The predicted octanol–water partition coefficient (Wildman–Crippen LogP) is 5.53. The Bertz CT molecular complexity index is 1130. The van der Waals surface area contributed by atoms with Gasteiger partial charge in [-0.15, -0.1) is 11.6 Å². The molecular formula is C22H27Cl3O6S2. The molecule has 2 atom stereocenters. The van der Waals surface area contributed by atoms with Crippen molar-refractivity contribution in [3.05, 3.63) is 46.4 Å². The van der Waals surface area contributed by atoms with E-state index in [2.05, 4.69) is 0 Å². The largest absolute Gasteiger partial charge is 0.493 e. The van der Waals surface area contributed by atoms with Crippen LogP contribution in [0, 0.1) is 11.8 Å². The highest BCUT2D eigenvalue weighted by atomic mass is 35.5. The second-order valence-electron chi connectivity index (χ2n) is 7.88. The van der Waals surface area contributed by atoms with Gasteiger partial charge in [-0.3, -0.25) is 0 Å². The van der Waals surface area contributed by atoms with Gasteiger partial charge in [-0.2, -0.15) is 0 Å². The van der Waals surface area contributed by atoms with Gasteiger partial charge in [0.1, 0.15) is 15.6 Å². The second kappa shape index (κ2) is 12.0. The van der Waals surface area contributed by atoms with Crippen LogP contribution in [0.3, 0.4) is 0 Å². The normalized spacial score (nSPS) is 14.0. The number of hydrogen-bond donors (Lipinski definition) is 0. The van der Waals surface area contributed by atoms with Gasteiger partial charge in [0, 0.05) is 23.5 Å². The highest BCUT2D eigenvalue weighted by Gasteiger charge is 2.22. The Kier molecular flexibility index (Phi) is 10.2. The molecule has 11 heteroatoms. The number of halogens is 3. The van der Waals surface area contributed by atoms with E-state index in [4.69, 9.17) is 44.3 Å². The standard InChI is InChI=1S/C22H27Cl3O6S2/c1-4-32(26,27)14-16(3)13-31-22-20(24)9-19(10-21(22)25)33(28,29)18-7-5-17(6-8-18)30-12-15(2)11-23/h5-10,15-16H,4,11-14H2,1-3H3/t15-,16+/m0/s1. The lowest BCUT2D eigenvalue weighted by molar-refractivity contribution is 0.272. The lowest BCUT2D eigenvalue weighted by Gasteiger charge is -2.16. The summed E-state index contributed by atoms with van der Waals surface area (Å²) in [7, 11) is -7.05. The Morgan fingerprint density at radius 3 is 1.91 bits per heavy atom. The van der Waals surface area contributed by atoms with Gasteiger partial charge < -0.3 is 9.47 Å². The molecule has 0 saturated carbocycles. The topological polar surface area (TPSA) is 86.7 Å². The lowest BCUT2D eigenvalue weighted by Crippen LogP contribution is -2.21. The fourth-order valence-electron chi connectivity index (χ4n) is 2.79. The zero-order chi connectivity index (χ0) is 24.8. The minimum absolute atomic E-state index is 0.0154. The van der Waals surface area contributed by atoms with Crippen molar-refractivity contribution in [3.8, 4) is 11.5 Å². The number of hydrogen-bond acceptors (Lipinski definition) is 6. The number of benzene rings is 2. The summed E-state index contributed by atoms with van der Waals surface area (Å²) < 4.78 is 60.8. The number of sulfone groups is 2. The van der Waals surface area contributed by atoms with Crippen LogP contribution in [-0.4, -0.2) is 47.4 Å². The summed E-state index contributed by atoms with van der Waals surface area (Å²) in [6.07, 6.45) is 0. The number of rotatable bonds is 12. The molecule has 0 fully saturated rings. The fourth-order valence-corrected chi connectivity index (χ4v) is 6.11. The van der Waals surface area contributed by atoms with Crippen molar-refractivity contribution >= 4 is 54.5 Å². The van der Waals surface area contributed by atoms with E-state index >= 15 is 0 Å². The Balaban J connectivity index is 2.17. The van der Waals surface area contributed by atoms with E-state index in [1.165, 1.54) is 24.3 Å². The average molecular weight is 558 g/mol. The van der Waals surface area contributed by atoms with Gasteiger partial charge in [0.05, 0.1) is 38.8 Å². The van der Waals surface area contributed by atoms with Crippen LogP contribution in [0.25, 0.3) is 0 Å². The first-order chi connectivity index (χ1) is 15.4. The quantitative estimate of drug-likeness (QED) is 0.319. The number of ether oxygens (including phenoxy) is 2. The van der Waals surface area contributed by atoms with Gasteiger partial charge >= 0.3 is 0 Å². The molecule has 0 aliphatic heterocycles. The predicted molar refractivity (Wildman–Crippen MR) is 133 cm³/mol. The Morgan fingerprint density at radius 1 is 0.848 bits per heavy atom. The van der Waals surface area contributed by atoms with Crippen LogP contribution in [0.2, 0.25) is 10.0 Å². The molecule has 0 aliphatic rings. The molecule has 0 spiro atoms. The van der Waals surface area contributed by atoms with Crippen LogP contribution in [0.15, 0.2) is 46.2 Å². The summed E-state index contributed by atoms with van der Waals surface area (Å²) >= 11 is 18.3. The van der Waals surface area contributed by atoms with Crippen molar-refractivity contribution in [1.29, 1.82) is 0 Å². The summed E-state index contributed by atoms with van der Waals surface area (Å²) in [6, 6.07) is 8.55. The van der Waals surface area contributed by atoms with Crippen molar-refractivity contribution in [2.75, 3.05) is 30.6 Å². The van der Waals surface area contributed by atoms with Crippen molar-refractivity contribution in [1.82, 2.24) is 0 Å². The van der Waals surface area contributed by atoms with Crippen molar-refractivity contribution in [2.24, 2.45) is 11.8 Å². The van der Waals surface area contributed by atoms with Gasteiger partial charge in [0.25, 0.3) is 0 Å². The van der Waals surface area contributed by atoms with Gasteiger partial charge in [0.15, 0.2) is 5.75 Å². The first-order valence-corrected chi connectivity index (χ1v) is 14.8. The van der Waals surface area contributed by atoms with E-state index in [1.807, 2.05) is 6.92 Å². The maximum absolute atomic E-state index is 13.0. The highest BCUT2D eigenvalue weighted by molar-refractivity contribution is 7.91. The Morgan fingerprint density at radius 2 is 1.39 bits per heavy atom. The fraction of sp³-hybridized carbons (Fsp3) is 0.455. The smallest absolute Gasteiger partial charge is 0.206 e. The van der Waals surface area contributed by atoms with Crippen molar-refractivity contribution in [3.63, 3.8) is 0 Å². The third-order valence-corrected chi connectivity index (χ3v) is 9.50. The molecule has 2 aromatic carbocycles. The molecule has 0 saturated heterocycles. The summed E-state index contributed by atoms with van der Waals surface area (Å²) in [5, 5.41) is 0.0308. The zero-order valence-electron chi connectivity index (χ0n) is 18.6. The third-order valence-electron chi connectivity index (χ3n) is 4.70. The minimum Gasteiger partial charge on any atom is -0.493 e. The maximum atomic E-state index is 13.0. The van der Waals surface area contributed by atoms with Gasteiger partial charge in [-0.1, -0.05) is 44.0 Å². The van der Waals surface area contributed by atoms with Crippen LogP contribution in [-0.2, 0) is 19.7 Å². The highest BCUT2D eigenvalue weighted by Crippen LogP contribution is 2.37. The van der Waals surface area contributed by atoms with Crippen LogP contribution < -0.4 is 9.47 Å². The molecule has 184 valence electrons. The van der Waals surface area contributed by atoms with E-state index in [0.29, 0.717) is 18.2 Å². The van der Waals surface area contributed by atoms with Crippen LogP contribution in [0.4, 0.5) is 0 Å². The molecule has 33 heavy (non-hydrogen) atoms. The molecule has 0 bridgehead atoms. The van der Waals surface area contributed by atoms with Crippen molar-refractivity contribution < 1.29 is 26.3 Å². The van der Waals surface area contributed by atoms with Gasteiger partial charge in [0.2, 0.25) is 9.84 Å². The summed E-state index contributed by atoms with van der Waals surface area (Å²) in [5.74, 6) is 0.989. The zero-order valence-corrected chi connectivity index (χ0v) is 22.5. The number of alkyl halides is 1. The molecule has 0 heterocycles. The van der Waals surface area contributed by atoms with Crippen LogP contribution >= 0.6 is 34.8 Å². The third kappa shape index (κ3) is 7.92. The molecule has 0 N–H and O–H groups in total. The molecule has 0 radical (unpaired) electrons. The molecule has 0 unspecified atom stereocenters. The van der Waals surface area contributed by atoms with E-state index in [1.54, 1.807) is 26.0 Å². The lowest BCUT2D eigenvalue weighted by atomic mass is 10.2. The molecule has 0 aromatic heterocycles. The molecule has 6 nitrogen and oxygen atoms in total. The second-order valence-corrected chi connectivity index (χ2v) is 13.3. The molecule has 2 aromatic rings. The van der Waals surface area contributed by atoms with Crippen LogP contribution in [0.5, 0.6) is 11.5 Å². The molecule has 0 amide bonds. The summed E-state index contributed by atoms with van der Waals surface area (Å²) in [6.45, 7) is 5.75. The monoisotopic (exact) mass is 556 g/mol. The summed E-state index contributed by atoms with van der Waals surface area (Å²) in [4.78, 5) is -0.0321. The van der Waals surface area contributed by atoms with Crippen LogP contribution in [0.1, 0.15) is 20.8 Å². The van der Waals surface area contributed by atoms with E-state index in [0.717, 1.165) is 0 Å². The van der Waals surface area contributed by atoms with Crippen molar-refractivity contribution in [2.45, 2.75) is 30.6 Å². The molecular weight excluding hydrogens is 531 g/mol.